The van der Waals surface area contributed by atoms with E-state index in [0.29, 0.717) is 5.56 Å². The summed E-state index contributed by atoms with van der Waals surface area (Å²) >= 11 is 0.947. The first kappa shape index (κ1) is 11.5. The molecule has 0 spiro atoms. The highest BCUT2D eigenvalue weighted by Gasteiger charge is 2.09. The predicted octanol–water partition coefficient (Wildman–Crippen LogP) is 2.20. The Morgan fingerprint density at radius 3 is 2.40 bits per heavy atom. The van der Waals surface area contributed by atoms with Crippen molar-refractivity contribution in [2.75, 3.05) is 5.75 Å². The van der Waals surface area contributed by atoms with Gasteiger partial charge in [0.2, 0.25) is 5.12 Å². The second-order valence-electron chi connectivity index (χ2n) is 2.85. The molecule has 3 nitrogen and oxygen atoms in total. The number of hydrogen-bond donors (Lipinski definition) is 1. The van der Waals surface area contributed by atoms with Crippen molar-refractivity contribution in [3.8, 4) is 0 Å². The molecule has 1 aromatic rings. The number of hydrogen-bond acceptors (Lipinski definition) is 3. The van der Waals surface area contributed by atoms with Gasteiger partial charge in [-0.1, -0.05) is 48.7 Å². The van der Waals surface area contributed by atoms with E-state index in [2.05, 4.69) is 6.58 Å². The van der Waals surface area contributed by atoms with Gasteiger partial charge in [0.15, 0.2) is 0 Å². The van der Waals surface area contributed by atoms with Gasteiger partial charge >= 0.3 is 5.97 Å². The van der Waals surface area contributed by atoms with Crippen molar-refractivity contribution in [3.63, 3.8) is 0 Å². The zero-order chi connectivity index (χ0) is 11.3. The molecule has 0 aliphatic heterocycles. The molecule has 0 saturated carbocycles. The third-order valence-electron chi connectivity index (χ3n) is 1.69. The molecule has 0 saturated heterocycles. The van der Waals surface area contributed by atoms with Gasteiger partial charge in [-0.25, -0.2) is 4.79 Å². The molecule has 78 valence electrons. The molecule has 0 aliphatic rings. The first-order valence-electron chi connectivity index (χ1n) is 4.24. The van der Waals surface area contributed by atoms with E-state index in [1.807, 2.05) is 6.07 Å². The maximum absolute atomic E-state index is 11.5. The lowest BCUT2D eigenvalue weighted by Gasteiger charge is -2.00. The summed E-state index contributed by atoms with van der Waals surface area (Å²) in [4.78, 5) is 21.9. The van der Waals surface area contributed by atoms with Crippen LogP contribution in [-0.2, 0) is 4.79 Å². The van der Waals surface area contributed by atoms with Crippen LogP contribution >= 0.6 is 11.8 Å². The summed E-state index contributed by atoms with van der Waals surface area (Å²) in [6.45, 7) is 3.35. The summed E-state index contributed by atoms with van der Waals surface area (Å²) in [6, 6.07) is 8.73. The average Bonchev–Trinajstić information content (AvgIpc) is 2.26. The molecule has 15 heavy (non-hydrogen) atoms. The molecule has 1 aromatic carbocycles. The lowest BCUT2D eigenvalue weighted by Crippen LogP contribution is -2.03. The molecule has 0 aliphatic carbocycles. The zero-order valence-corrected chi connectivity index (χ0v) is 8.79. The number of thioether (sulfide) groups is 1. The van der Waals surface area contributed by atoms with Crippen molar-refractivity contribution < 1.29 is 14.7 Å². The molecule has 0 amide bonds. The molecule has 0 heterocycles. The second-order valence-corrected chi connectivity index (χ2v) is 3.80. The van der Waals surface area contributed by atoms with Crippen LogP contribution < -0.4 is 0 Å². The van der Waals surface area contributed by atoms with Gasteiger partial charge in [0.05, 0.1) is 0 Å². The van der Waals surface area contributed by atoms with Crippen LogP contribution in [0, 0.1) is 0 Å². The summed E-state index contributed by atoms with van der Waals surface area (Å²) in [7, 11) is 0. The van der Waals surface area contributed by atoms with E-state index in [0.717, 1.165) is 11.8 Å². The van der Waals surface area contributed by atoms with Crippen molar-refractivity contribution in [1.29, 1.82) is 0 Å². The number of rotatable bonds is 4. The Kier molecular flexibility index (Phi) is 4.12. The summed E-state index contributed by atoms with van der Waals surface area (Å²) in [6.07, 6.45) is 0. The van der Waals surface area contributed by atoms with Gasteiger partial charge in [-0.15, -0.1) is 0 Å². The van der Waals surface area contributed by atoms with Crippen LogP contribution in [0.25, 0.3) is 0 Å². The van der Waals surface area contributed by atoms with Crippen LogP contribution in [-0.4, -0.2) is 21.9 Å². The van der Waals surface area contributed by atoms with E-state index in [1.165, 1.54) is 0 Å². The summed E-state index contributed by atoms with van der Waals surface area (Å²) in [5.74, 6) is -0.952. The highest BCUT2D eigenvalue weighted by atomic mass is 32.2. The van der Waals surface area contributed by atoms with Gasteiger partial charge in [-0.2, -0.15) is 0 Å². The van der Waals surface area contributed by atoms with E-state index >= 15 is 0 Å². The quantitative estimate of drug-likeness (QED) is 0.793. The van der Waals surface area contributed by atoms with Gasteiger partial charge in [0.25, 0.3) is 0 Å². The fraction of sp³-hybridized carbons (Fsp3) is 0.0909. The lowest BCUT2D eigenvalue weighted by atomic mass is 10.2. The summed E-state index contributed by atoms with van der Waals surface area (Å²) in [5, 5.41) is 8.40. The van der Waals surface area contributed by atoms with Crippen molar-refractivity contribution >= 4 is 22.8 Å². The predicted molar refractivity (Wildman–Crippen MR) is 60.0 cm³/mol. The Morgan fingerprint density at radius 1 is 1.27 bits per heavy atom. The summed E-state index contributed by atoms with van der Waals surface area (Å²) in [5.41, 5.74) is 0.602. The lowest BCUT2D eigenvalue weighted by molar-refractivity contribution is -0.132. The maximum atomic E-state index is 11.5. The van der Waals surface area contributed by atoms with Gasteiger partial charge in [0, 0.05) is 16.9 Å². The molecule has 0 unspecified atom stereocenters. The number of carboxylic acids is 1. The first-order chi connectivity index (χ1) is 7.11. The smallest absolute Gasteiger partial charge is 0.331 e. The standard InChI is InChI=1S/C11H10O3S/c1-8(10(12)13)7-15-11(14)9-5-3-2-4-6-9/h2-6H,1,7H2,(H,12,13). The molecule has 0 fully saturated rings. The van der Waals surface area contributed by atoms with Crippen LogP contribution in [0.5, 0.6) is 0 Å². The number of carboxylic acid groups (broad SMARTS) is 1. The third kappa shape index (κ3) is 3.59. The van der Waals surface area contributed by atoms with Gasteiger partial charge in [-0.05, 0) is 0 Å². The second kappa shape index (κ2) is 5.36. The maximum Gasteiger partial charge on any atom is 0.331 e. The fourth-order valence-corrected chi connectivity index (χ4v) is 1.60. The van der Waals surface area contributed by atoms with E-state index in [-0.39, 0.29) is 16.4 Å². The molecule has 4 heteroatoms. The van der Waals surface area contributed by atoms with Gasteiger partial charge in [-0.3, -0.25) is 4.79 Å². The Bertz CT molecular complexity index is 384. The molecular weight excluding hydrogens is 212 g/mol. The number of carbonyl (C=O) groups excluding carboxylic acids is 1. The minimum absolute atomic E-state index is 0.0317. The zero-order valence-electron chi connectivity index (χ0n) is 7.97. The Labute approximate surface area is 91.8 Å². The molecule has 1 rings (SSSR count). The third-order valence-corrected chi connectivity index (χ3v) is 2.68. The highest BCUT2D eigenvalue weighted by Crippen LogP contribution is 2.14. The fourth-order valence-electron chi connectivity index (χ4n) is 0.872. The van der Waals surface area contributed by atoms with Crippen molar-refractivity contribution in [2.45, 2.75) is 0 Å². The number of aliphatic carboxylic acids is 1. The van der Waals surface area contributed by atoms with E-state index < -0.39 is 5.97 Å². The van der Waals surface area contributed by atoms with Crippen molar-refractivity contribution in [1.82, 2.24) is 0 Å². The molecule has 0 radical (unpaired) electrons. The average molecular weight is 222 g/mol. The highest BCUT2D eigenvalue weighted by molar-refractivity contribution is 8.14. The molecule has 0 bridgehead atoms. The normalized spacial score (nSPS) is 9.60. The van der Waals surface area contributed by atoms with E-state index in [4.69, 9.17) is 5.11 Å². The van der Waals surface area contributed by atoms with Crippen LogP contribution in [0.4, 0.5) is 0 Å². The van der Waals surface area contributed by atoms with E-state index in [9.17, 15) is 9.59 Å². The molecule has 0 atom stereocenters. The van der Waals surface area contributed by atoms with E-state index in [1.54, 1.807) is 24.3 Å². The summed E-state index contributed by atoms with van der Waals surface area (Å²) < 4.78 is 0. The van der Waals surface area contributed by atoms with Crippen molar-refractivity contribution in [3.05, 3.63) is 48.0 Å². The number of carbonyl (C=O) groups is 2. The Morgan fingerprint density at radius 2 is 1.87 bits per heavy atom. The minimum Gasteiger partial charge on any atom is -0.478 e. The Balaban J connectivity index is 2.51. The van der Waals surface area contributed by atoms with Crippen LogP contribution in [0.3, 0.4) is 0 Å². The first-order valence-corrected chi connectivity index (χ1v) is 5.23. The molecule has 0 aromatic heterocycles. The number of benzene rings is 1. The molecular formula is C11H10O3S. The van der Waals surface area contributed by atoms with Gasteiger partial charge in [0.1, 0.15) is 0 Å². The SMILES string of the molecule is C=C(CSC(=O)c1ccccc1)C(=O)O. The minimum atomic E-state index is -1.07. The van der Waals surface area contributed by atoms with Crippen LogP contribution in [0.1, 0.15) is 10.4 Å². The van der Waals surface area contributed by atoms with Crippen molar-refractivity contribution in [2.24, 2.45) is 0 Å². The van der Waals surface area contributed by atoms with Crippen LogP contribution in [0.15, 0.2) is 42.5 Å². The monoisotopic (exact) mass is 222 g/mol. The Hall–Kier alpha value is -1.55. The molecule has 1 N–H and O–H groups in total. The van der Waals surface area contributed by atoms with Crippen LogP contribution in [0.2, 0.25) is 0 Å². The van der Waals surface area contributed by atoms with Gasteiger partial charge < -0.3 is 5.11 Å². The largest absolute Gasteiger partial charge is 0.478 e. The topological polar surface area (TPSA) is 54.4 Å².